The van der Waals surface area contributed by atoms with E-state index in [0.717, 1.165) is 0 Å². The predicted octanol–water partition coefficient (Wildman–Crippen LogP) is 3.34. The molecule has 0 saturated heterocycles. The molecule has 1 heterocycles. The van der Waals surface area contributed by atoms with Crippen molar-refractivity contribution >= 4 is 10.9 Å². The minimum atomic E-state index is -0.419. The van der Waals surface area contributed by atoms with Gasteiger partial charge in [-0.2, -0.15) is 0 Å². The van der Waals surface area contributed by atoms with Crippen molar-refractivity contribution < 1.29 is 14.0 Å². The zero-order valence-electron chi connectivity index (χ0n) is 8.72. The summed E-state index contributed by atoms with van der Waals surface area (Å²) in [5.41, 5.74) is 0.865. The van der Waals surface area contributed by atoms with Crippen molar-refractivity contribution in [2.45, 2.75) is 0 Å². The summed E-state index contributed by atoms with van der Waals surface area (Å²) in [6.45, 7) is 0. The number of aromatic hydroxyl groups is 1. The molecule has 0 saturated carbocycles. The lowest BCUT2D eigenvalue weighted by atomic mass is 10.1. The van der Waals surface area contributed by atoms with Gasteiger partial charge in [-0.25, -0.2) is 4.39 Å². The quantitative estimate of drug-likeness (QED) is 0.696. The summed E-state index contributed by atoms with van der Waals surface area (Å²) in [6, 6.07) is 11.2. The number of phenolic OH excluding ortho intramolecular Hbond substituents is 1. The topological polar surface area (TPSA) is 46.3 Å². The van der Waals surface area contributed by atoms with Gasteiger partial charge in [0.2, 0.25) is 0 Å². The van der Waals surface area contributed by atoms with E-state index in [2.05, 4.69) is 5.16 Å². The maximum atomic E-state index is 13.4. The van der Waals surface area contributed by atoms with Crippen LogP contribution in [0, 0.1) is 5.82 Å². The first kappa shape index (κ1) is 9.84. The molecular formula is C13H8FNO2. The Hall–Kier alpha value is -2.36. The molecule has 0 spiro atoms. The molecule has 3 nitrogen and oxygen atoms in total. The van der Waals surface area contributed by atoms with Crippen LogP contribution < -0.4 is 0 Å². The van der Waals surface area contributed by atoms with Crippen LogP contribution in [0.3, 0.4) is 0 Å². The Bertz CT molecular complexity index is 691. The van der Waals surface area contributed by atoms with Gasteiger partial charge in [0.15, 0.2) is 11.6 Å². The number of aromatic nitrogens is 1. The second kappa shape index (κ2) is 3.59. The average molecular weight is 229 g/mol. The van der Waals surface area contributed by atoms with Crippen LogP contribution in [0.5, 0.6) is 5.75 Å². The second-order valence-electron chi connectivity index (χ2n) is 3.70. The molecule has 0 fully saturated rings. The standard InChI is InChI=1S/C13H8FNO2/c14-11-6-2-5-10-12(11)15-17-13(10)8-3-1-4-9(16)7-8/h1-7,16H. The van der Waals surface area contributed by atoms with E-state index in [1.54, 1.807) is 36.4 Å². The number of phenols is 1. The van der Waals surface area contributed by atoms with Crippen molar-refractivity contribution in [2.24, 2.45) is 0 Å². The molecule has 0 radical (unpaired) electrons. The molecule has 0 aliphatic heterocycles. The zero-order valence-corrected chi connectivity index (χ0v) is 8.72. The van der Waals surface area contributed by atoms with Crippen LogP contribution in [0.2, 0.25) is 0 Å². The summed E-state index contributed by atoms with van der Waals surface area (Å²) < 4.78 is 18.6. The zero-order chi connectivity index (χ0) is 11.8. The average Bonchev–Trinajstić information content (AvgIpc) is 2.74. The Morgan fingerprint density at radius 1 is 1.12 bits per heavy atom. The third-order valence-corrected chi connectivity index (χ3v) is 2.57. The SMILES string of the molecule is Oc1cccc(-c2onc3c(F)cccc23)c1. The van der Waals surface area contributed by atoms with Crippen molar-refractivity contribution in [3.63, 3.8) is 0 Å². The van der Waals surface area contributed by atoms with Crippen LogP contribution >= 0.6 is 0 Å². The molecule has 0 amide bonds. The van der Waals surface area contributed by atoms with Gasteiger partial charge in [0.05, 0.1) is 5.39 Å². The van der Waals surface area contributed by atoms with Gasteiger partial charge in [-0.15, -0.1) is 0 Å². The number of nitrogens with zero attached hydrogens (tertiary/aromatic N) is 1. The fourth-order valence-corrected chi connectivity index (χ4v) is 1.79. The lowest BCUT2D eigenvalue weighted by Crippen LogP contribution is -1.77. The molecule has 0 unspecified atom stereocenters. The highest BCUT2D eigenvalue weighted by atomic mass is 19.1. The van der Waals surface area contributed by atoms with E-state index in [0.29, 0.717) is 16.7 Å². The summed E-state index contributed by atoms with van der Waals surface area (Å²) in [6.07, 6.45) is 0. The molecule has 84 valence electrons. The van der Waals surface area contributed by atoms with Crippen molar-refractivity contribution in [3.8, 4) is 17.1 Å². The van der Waals surface area contributed by atoms with Crippen molar-refractivity contribution in [1.82, 2.24) is 5.16 Å². The summed E-state index contributed by atoms with van der Waals surface area (Å²) in [5.74, 6) is 0.163. The van der Waals surface area contributed by atoms with Gasteiger partial charge in [0.1, 0.15) is 11.3 Å². The fraction of sp³-hybridized carbons (Fsp3) is 0. The van der Waals surface area contributed by atoms with Gasteiger partial charge in [-0.05, 0) is 24.3 Å². The van der Waals surface area contributed by atoms with E-state index in [1.165, 1.54) is 6.07 Å². The van der Waals surface area contributed by atoms with E-state index >= 15 is 0 Å². The number of fused-ring (bicyclic) bond motifs is 1. The molecular weight excluding hydrogens is 221 g/mol. The highest BCUT2D eigenvalue weighted by Crippen LogP contribution is 2.31. The van der Waals surface area contributed by atoms with Gasteiger partial charge in [-0.1, -0.05) is 23.4 Å². The van der Waals surface area contributed by atoms with E-state index in [4.69, 9.17) is 4.52 Å². The summed E-state index contributed by atoms with van der Waals surface area (Å²) in [5, 5.41) is 13.7. The molecule has 17 heavy (non-hydrogen) atoms. The van der Waals surface area contributed by atoms with Crippen molar-refractivity contribution in [3.05, 3.63) is 48.3 Å². The lowest BCUT2D eigenvalue weighted by molar-refractivity contribution is 0.436. The van der Waals surface area contributed by atoms with Gasteiger partial charge in [0.25, 0.3) is 0 Å². The van der Waals surface area contributed by atoms with Crippen molar-refractivity contribution in [2.75, 3.05) is 0 Å². The number of benzene rings is 2. The van der Waals surface area contributed by atoms with E-state index in [-0.39, 0.29) is 11.3 Å². The third-order valence-electron chi connectivity index (χ3n) is 2.57. The van der Waals surface area contributed by atoms with Crippen molar-refractivity contribution in [1.29, 1.82) is 0 Å². The maximum Gasteiger partial charge on any atom is 0.174 e. The van der Waals surface area contributed by atoms with Crippen LogP contribution in [0.1, 0.15) is 0 Å². The molecule has 0 aliphatic carbocycles. The first-order valence-electron chi connectivity index (χ1n) is 5.09. The van der Waals surface area contributed by atoms with E-state index in [1.807, 2.05) is 0 Å². The first-order chi connectivity index (χ1) is 8.25. The van der Waals surface area contributed by atoms with Gasteiger partial charge < -0.3 is 9.63 Å². The molecule has 2 aromatic carbocycles. The smallest absolute Gasteiger partial charge is 0.174 e. The number of hydrogen-bond acceptors (Lipinski definition) is 3. The Balaban J connectivity index is 2.28. The normalized spacial score (nSPS) is 10.9. The van der Waals surface area contributed by atoms with Crippen LogP contribution in [0.25, 0.3) is 22.2 Å². The largest absolute Gasteiger partial charge is 0.508 e. The van der Waals surface area contributed by atoms with E-state index in [9.17, 15) is 9.50 Å². The Kier molecular flexibility index (Phi) is 2.08. The minimum Gasteiger partial charge on any atom is -0.508 e. The van der Waals surface area contributed by atoms with Crippen LogP contribution in [0.15, 0.2) is 47.0 Å². The minimum absolute atomic E-state index is 0.128. The highest BCUT2D eigenvalue weighted by Gasteiger charge is 2.13. The Labute approximate surface area is 96.1 Å². The molecule has 0 atom stereocenters. The van der Waals surface area contributed by atoms with Crippen LogP contribution in [0.4, 0.5) is 4.39 Å². The fourth-order valence-electron chi connectivity index (χ4n) is 1.79. The number of rotatable bonds is 1. The predicted molar refractivity (Wildman–Crippen MR) is 61.1 cm³/mol. The molecule has 1 aromatic heterocycles. The Morgan fingerprint density at radius 2 is 1.94 bits per heavy atom. The van der Waals surface area contributed by atoms with Gasteiger partial charge in [0, 0.05) is 5.56 Å². The number of hydrogen-bond donors (Lipinski definition) is 1. The molecule has 0 bridgehead atoms. The molecule has 3 aromatic rings. The first-order valence-corrected chi connectivity index (χ1v) is 5.09. The highest BCUT2D eigenvalue weighted by molar-refractivity contribution is 5.91. The van der Waals surface area contributed by atoms with Crippen LogP contribution in [-0.4, -0.2) is 10.3 Å². The Morgan fingerprint density at radius 3 is 2.76 bits per heavy atom. The summed E-state index contributed by atoms with van der Waals surface area (Å²) >= 11 is 0. The number of halogens is 1. The van der Waals surface area contributed by atoms with Crippen LogP contribution in [-0.2, 0) is 0 Å². The summed E-state index contributed by atoms with van der Waals surface area (Å²) in [4.78, 5) is 0. The molecule has 0 aliphatic rings. The third kappa shape index (κ3) is 1.54. The lowest BCUT2D eigenvalue weighted by Gasteiger charge is -1.97. The van der Waals surface area contributed by atoms with E-state index < -0.39 is 5.82 Å². The molecule has 3 rings (SSSR count). The van der Waals surface area contributed by atoms with Gasteiger partial charge in [-0.3, -0.25) is 0 Å². The molecule has 1 N–H and O–H groups in total. The maximum absolute atomic E-state index is 13.4. The molecule has 4 heteroatoms. The second-order valence-corrected chi connectivity index (χ2v) is 3.70. The monoisotopic (exact) mass is 229 g/mol. The van der Waals surface area contributed by atoms with Gasteiger partial charge >= 0.3 is 0 Å². The summed E-state index contributed by atoms with van der Waals surface area (Å²) in [7, 11) is 0.